The average molecular weight is 468 g/mol. The van der Waals surface area contributed by atoms with Crippen LogP contribution in [0.5, 0.6) is 0 Å². The second-order valence-corrected chi connectivity index (χ2v) is 8.20. The van der Waals surface area contributed by atoms with Crippen molar-refractivity contribution in [2.24, 2.45) is 0 Å². The Balaban J connectivity index is 2.03. The van der Waals surface area contributed by atoms with Crippen molar-refractivity contribution in [3.63, 3.8) is 0 Å². The highest BCUT2D eigenvalue weighted by Crippen LogP contribution is 2.43. The van der Waals surface area contributed by atoms with Crippen LogP contribution in [0.15, 0.2) is 58.4 Å². The number of carbonyl (C=O) groups is 2. The lowest BCUT2D eigenvalue weighted by Gasteiger charge is -2.30. The zero-order valence-electron chi connectivity index (χ0n) is 18.2. The van der Waals surface area contributed by atoms with Crippen LogP contribution in [-0.4, -0.2) is 40.5 Å². The van der Waals surface area contributed by atoms with Crippen LogP contribution in [0.4, 0.5) is 5.69 Å². The summed E-state index contributed by atoms with van der Waals surface area (Å²) in [5, 5.41) is 16.0. The summed E-state index contributed by atoms with van der Waals surface area (Å²) in [6.07, 6.45) is 1.80. The topological polar surface area (TPSA) is 125 Å². The minimum absolute atomic E-state index is 0.0554. The third-order valence-corrected chi connectivity index (χ3v) is 6.25. The quantitative estimate of drug-likeness (QED) is 0.342. The average Bonchev–Trinajstić information content (AvgIpc) is 3.39. The zero-order chi connectivity index (χ0) is 23.9. The molecule has 1 aromatic carbocycles. The molecule has 0 radical (unpaired) electrons. The van der Waals surface area contributed by atoms with E-state index >= 15 is 0 Å². The minimum atomic E-state index is -0.846. The van der Waals surface area contributed by atoms with Gasteiger partial charge in [0.1, 0.15) is 0 Å². The van der Waals surface area contributed by atoms with Crippen molar-refractivity contribution >= 4 is 33.9 Å². The zero-order valence-corrected chi connectivity index (χ0v) is 19.1. The van der Waals surface area contributed by atoms with E-state index in [2.05, 4.69) is 5.32 Å². The number of thiazole rings is 1. The first-order chi connectivity index (χ1) is 15.8. The number of nitrogens with one attached hydrogen (secondary N) is 1. The van der Waals surface area contributed by atoms with Crippen molar-refractivity contribution < 1.29 is 24.0 Å². The molecular formula is C22H20N4O6S. The molecule has 1 N–H and O–H groups in total. The summed E-state index contributed by atoms with van der Waals surface area (Å²) in [5.41, 5.74) is 3.18. The molecule has 0 saturated carbocycles. The van der Waals surface area contributed by atoms with E-state index < -0.39 is 22.8 Å². The largest absolute Gasteiger partial charge is 0.466 e. The Bertz CT molecular complexity index is 1310. The number of fused-ring (bicyclic) bond motifs is 1. The molecule has 0 aliphatic carbocycles. The summed E-state index contributed by atoms with van der Waals surface area (Å²) in [5.74, 6) is -2.04. The van der Waals surface area contributed by atoms with Crippen molar-refractivity contribution in [2.75, 3.05) is 14.2 Å². The molecule has 0 spiro atoms. The summed E-state index contributed by atoms with van der Waals surface area (Å²) >= 11 is 1.38. The number of methoxy groups -OCH3 is 2. The first-order valence-electron chi connectivity index (χ1n) is 9.83. The smallest absolute Gasteiger partial charge is 0.336 e. The molecule has 0 saturated heterocycles. The molecule has 3 aromatic rings. The maximum atomic E-state index is 12.9. The summed E-state index contributed by atoms with van der Waals surface area (Å²) in [6, 6.07) is 5.97. The Hall–Kier alpha value is -3.99. The van der Waals surface area contributed by atoms with E-state index in [1.807, 2.05) is 9.78 Å². The molecule has 11 heteroatoms. The van der Waals surface area contributed by atoms with E-state index in [0.29, 0.717) is 33.3 Å². The fourth-order valence-corrected chi connectivity index (χ4v) is 4.78. The third-order valence-electron chi connectivity index (χ3n) is 5.50. The van der Waals surface area contributed by atoms with Crippen LogP contribution in [0.3, 0.4) is 0 Å². The van der Waals surface area contributed by atoms with Gasteiger partial charge in [0.25, 0.3) is 5.69 Å². The molecule has 0 fully saturated rings. The molecule has 0 atom stereocenters. The fourth-order valence-electron chi connectivity index (χ4n) is 4.06. The van der Waals surface area contributed by atoms with Gasteiger partial charge in [-0.2, -0.15) is 0 Å². The van der Waals surface area contributed by atoms with Gasteiger partial charge in [0, 0.05) is 40.7 Å². The predicted octanol–water partition coefficient (Wildman–Crippen LogP) is 3.55. The number of imidazole rings is 1. The number of nitro groups is 1. The maximum absolute atomic E-state index is 12.9. The van der Waals surface area contributed by atoms with Gasteiger partial charge < -0.3 is 14.8 Å². The predicted molar refractivity (Wildman–Crippen MR) is 120 cm³/mol. The number of hydrogen-bond donors (Lipinski definition) is 1. The molecule has 170 valence electrons. The van der Waals surface area contributed by atoms with E-state index in [1.165, 1.54) is 37.7 Å². The molecule has 0 bridgehead atoms. The number of non-ortho nitro benzene ring substituents is 1. The molecule has 0 amide bonds. The van der Waals surface area contributed by atoms with Crippen LogP contribution in [-0.2, 0) is 19.1 Å². The van der Waals surface area contributed by atoms with Crippen molar-refractivity contribution in [1.82, 2.24) is 14.7 Å². The van der Waals surface area contributed by atoms with E-state index in [9.17, 15) is 19.7 Å². The Morgan fingerprint density at radius 1 is 1.09 bits per heavy atom. The number of dihydropyridines is 1. The Morgan fingerprint density at radius 2 is 1.67 bits per heavy atom. The third kappa shape index (κ3) is 3.65. The number of esters is 2. The monoisotopic (exact) mass is 468 g/mol. The lowest BCUT2D eigenvalue weighted by atomic mass is 9.81. The molecule has 1 aliphatic rings. The summed E-state index contributed by atoms with van der Waals surface area (Å²) in [7, 11) is 2.55. The standard InChI is InChI=1S/C22H20N4O6S/c1-11-15(20(27)31-3)17(16(12(2)23-11)21(28)32-4)19-18(24-22-25(19)9-10-33-22)13-5-7-14(8-6-13)26(29)30/h5-10,17,23H,1-4H3. The van der Waals surface area contributed by atoms with Crippen molar-refractivity contribution in [1.29, 1.82) is 0 Å². The van der Waals surface area contributed by atoms with Gasteiger partial charge in [-0.05, 0) is 26.0 Å². The SMILES string of the molecule is COC(=O)C1=C(C)NC(C)=C(C(=O)OC)C1c1c(-c2ccc([N+](=O)[O-])cc2)nc2sccn12. The van der Waals surface area contributed by atoms with E-state index in [-0.39, 0.29) is 16.8 Å². The normalized spacial score (nSPS) is 14.4. The molecule has 2 aromatic heterocycles. The number of allylic oxidation sites excluding steroid dienone is 2. The van der Waals surface area contributed by atoms with Crippen LogP contribution >= 0.6 is 11.3 Å². The first kappa shape index (κ1) is 22.2. The van der Waals surface area contributed by atoms with E-state index in [0.717, 1.165) is 0 Å². The molecule has 0 unspecified atom stereocenters. The van der Waals surface area contributed by atoms with E-state index in [4.69, 9.17) is 14.5 Å². The van der Waals surface area contributed by atoms with Gasteiger partial charge >= 0.3 is 11.9 Å². The number of nitro benzene ring substituents is 1. The first-order valence-corrected chi connectivity index (χ1v) is 10.7. The van der Waals surface area contributed by atoms with Gasteiger partial charge in [0.15, 0.2) is 4.96 Å². The van der Waals surface area contributed by atoms with Gasteiger partial charge in [0.05, 0.1) is 47.6 Å². The molecular weight excluding hydrogens is 448 g/mol. The highest BCUT2D eigenvalue weighted by molar-refractivity contribution is 7.15. The molecule has 4 rings (SSSR count). The van der Waals surface area contributed by atoms with Crippen molar-refractivity contribution in [2.45, 2.75) is 19.8 Å². The second-order valence-electron chi connectivity index (χ2n) is 7.32. The number of rotatable bonds is 5. The Kier molecular flexibility index (Phi) is 5.73. The summed E-state index contributed by atoms with van der Waals surface area (Å²) < 4.78 is 11.9. The Labute approximate surface area is 192 Å². The van der Waals surface area contributed by atoms with Gasteiger partial charge in [-0.15, -0.1) is 11.3 Å². The summed E-state index contributed by atoms with van der Waals surface area (Å²) in [4.78, 5) is 41.8. The summed E-state index contributed by atoms with van der Waals surface area (Å²) in [6.45, 7) is 3.46. The van der Waals surface area contributed by atoms with Gasteiger partial charge in [0.2, 0.25) is 0 Å². The van der Waals surface area contributed by atoms with Crippen molar-refractivity contribution in [3.8, 4) is 11.3 Å². The van der Waals surface area contributed by atoms with Crippen LogP contribution < -0.4 is 5.32 Å². The number of aromatic nitrogens is 2. The molecule has 3 heterocycles. The molecule has 10 nitrogen and oxygen atoms in total. The molecule has 1 aliphatic heterocycles. The van der Waals surface area contributed by atoms with Crippen molar-refractivity contribution in [3.05, 3.63) is 74.2 Å². The highest BCUT2D eigenvalue weighted by atomic mass is 32.1. The maximum Gasteiger partial charge on any atom is 0.336 e. The van der Waals surface area contributed by atoms with E-state index in [1.54, 1.807) is 32.2 Å². The number of hydrogen-bond acceptors (Lipinski definition) is 9. The van der Waals surface area contributed by atoms with Crippen LogP contribution in [0.25, 0.3) is 16.2 Å². The number of benzene rings is 1. The second kappa shape index (κ2) is 8.51. The van der Waals surface area contributed by atoms with Crippen LogP contribution in [0, 0.1) is 10.1 Å². The van der Waals surface area contributed by atoms with Gasteiger partial charge in [-0.3, -0.25) is 14.5 Å². The number of carbonyl (C=O) groups excluding carboxylic acids is 2. The van der Waals surface area contributed by atoms with Gasteiger partial charge in [-0.1, -0.05) is 0 Å². The molecule has 33 heavy (non-hydrogen) atoms. The number of nitrogens with zero attached hydrogens (tertiary/aromatic N) is 3. The van der Waals surface area contributed by atoms with Crippen LogP contribution in [0.2, 0.25) is 0 Å². The number of ether oxygens (including phenoxy) is 2. The van der Waals surface area contributed by atoms with Gasteiger partial charge in [-0.25, -0.2) is 14.6 Å². The lowest BCUT2D eigenvalue weighted by molar-refractivity contribution is -0.384. The van der Waals surface area contributed by atoms with Crippen LogP contribution in [0.1, 0.15) is 25.5 Å². The lowest BCUT2D eigenvalue weighted by Crippen LogP contribution is -2.32. The fraction of sp³-hybridized carbons (Fsp3) is 0.227. The minimum Gasteiger partial charge on any atom is -0.466 e. The highest BCUT2D eigenvalue weighted by Gasteiger charge is 2.41. The Morgan fingerprint density at radius 3 is 2.18 bits per heavy atom.